The van der Waals surface area contributed by atoms with E-state index in [1.807, 2.05) is 30.3 Å². The van der Waals surface area contributed by atoms with Crippen molar-refractivity contribution in [2.45, 2.75) is 0 Å². The predicted octanol–water partition coefficient (Wildman–Crippen LogP) is 1.46. The van der Waals surface area contributed by atoms with Gasteiger partial charge in [0.05, 0.1) is 12.5 Å². The Balaban J connectivity index is 1.74. The van der Waals surface area contributed by atoms with Crippen LogP contribution in [0.4, 0.5) is 0 Å². The van der Waals surface area contributed by atoms with Gasteiger partial charge in [0.25, 0.3) is 0 Å². The maximum absolute atomic E-state index is 11.1. The van der Waals surface area contributed by atoms with E-state index in [4.69, 9.17) is 4.74 Å². The van der Waals surface area contributed by atoms with E-state index in [2.05, 4.69) is 11.8 Å². The molecule has 0 unspecified atom stereocenters. The van der Waals surface area contributed by atoms with E-state index in [0.29, 0.717) is 12.5 Å². The van der Waals surface area contributed by atoms with Gasteiger partial charge in [0.15, 0.2) is 0 Å². The van der Waals surface area contributed by atoms with Crippen LogP contribution in [0.25, 0.3) is 0 Å². The Bertz CT molecular complexity index is 452. The van der Waals surface area contributed by atoms with Gasteiger partial charge in [-0.1, -0.05) is 30.0 Å². The molecule has 1 aromatic rings. The molecule has 1 aliphatic carbocycles. The molecule has 0 radical (unpaired) electrons. The molecular formula is C13H10O2. The standard InChI is InChI=1S/C13H10O2/c14-13-12-10(11(12)8-15-13)7-6-9-4-2-1-3-5-9/h1-5,10-12H,8H2/t10-,11-,12+/m1/s1. The summed E-state index contributed by atoms with van der Waals surface area (Å²) in [4.78, 5) is 11.1. The second kappa shape index (κ2) is 3.13. The Morgan fingerprint density at radius 2 is 2.07 bits per heavy atom. The summed E-state index contributed by atoms with van der Waals surface area (Å²) in [5.74, 6) is 6.87. The van der Waals surface area contributed by atoms with Crippen LogP contribution in [0, 0.1) is 29.6 Å². The first-order valence-corrected chi connectivity index (χ1v) is 5.09. The number of hydrogen-bond acceptors (Lipinski definition) is 2. The molecular weight excluding hydrogens is 188 g/mol. The molecule has 2 nitrogen and oxygen atoms in total. The van der Waals surface area contributed by atoms with Gasteiger partial charge in [-0.25, -0.2) is 0 Å². The van der Waals surface area contributed by atoms with Crippen LogP contribution in [0.3, 0.4) is 0 Å². The lowest BCUT2D eigenvalue weighted by molar-refractivity contribution is -0.141. The number of esters is 1. The molecule has 2 aliphatic rings. The molecule has 2 fully saturated rings. The normalized spacial score (nSPS) is 31.2. The fourth-order valence-corrected chi connectivity index (χ4v) is 2.06. The van der Waals surface area contributed by atoms with Crippen LogP contribution in [0.5, 0.6) is 0 Å². The fourth-order valence-electron chi connectivity index (χ4n) is 2.06. The molecule has 0 N–H and O–H groups in total. The fraction of sp³-hybridized carbons (Fsp3) is 0.308. The van der Waals surface area contributed by atoms with Crippen molar-refractivity contribution in [2.75, 3.05) is 6.61 Å². The molecule has 3 atom stereocenters. The summed E-state index contributed by atoms with van der Waals surface area (Å²) in [6.07, 6.45) is 0. The zero-order chi connectivity index (χ0) is 10.3. The maximum Gasteiger partial charge on any atom is 0.310 e. The summed E-state index contributed by atoms with van der Waals surface area (Å²) in [5.41, 5.74) is 1.01. The minimum absolute atomic E-state index is 0.0626. The second-order valence-corrected chi connectivity index (χ2v) is 3.98. The predicted molar refractivity (Wildman–Crippen MR) is 54.7 cm³/mol. The van der Waals surface area contributed by atoms with Crippen molar-refractivity contribution in [3.8, 4) is 11.8 Å². The van der Waals surface area contributed by atoms with Crippen molar-refractivity contribution in [3.05, 3.63) is 35.9 Å². The Morgan fingerprint density at radius 3 is 2.73 bits per heavy atom. The van der Waals surface area contributed by atoms with Crippen LogP contribution >= 0.6 is 0 Å². The number of ether oxygens (including phenoxy) is 1. The molecule has 3 rings (SSSR count). The SMILES string of the molecule is O=C1OC[C@@H]2[C@@H](C#Cc3ccccc3)[C@H]12. The van der Waals surface area contributed by atoms with Gasteiger partial charge >= 0.3 is 5.97 Å². The van der Waals surface area contributed by atoms with Gasteiger partial charge in [-0.05, 0) is 12.1 Å². The van der Waals surface area contributed by atoms with Crippen LogP contribution in [0.1, 0.15) is 5.56 Å². The number of hydrogen-bond donors (Lipinski definition) is 0. The Hall–Kier alpha value is -1.75. The number of benzene rings is 1. The molecule has 0 spiro atoms. The molecule has 15 heavy (non-hydrogen) atoms. The maximum atomic E-state index is 11.1. The van der Waals surface area contributed by atoms with Gasteiger partial charge in [-0.2, -0.15) is 0 Å². The zero-order valence-corrected chi connectivity index (χ0v) is 8.14. The van der Waals surface area contributed by atoms with E-state index in [-0.39, 0.29) is 17.8 Å². The minimum atomic E-state index is -0.0626. The third kappa shape index (κ3) is 1.41. The number of cyclic esters (lactones) is 1. The molecule has 0 amide bonds. The third-order valence-electron chi connectivity index (χ3n) is 3.02. The van der Waals surface area contributed by atoms with Gasteiger partial charge < -0.3 is 4.74 Å². The minimum Gasteiger partial charge on any atom is -0.465 e. The van der Waals surface area contributed by atoms with Crippen LogP contribution in [0.2, 0.25) is 0 Å². The van der Waals surface area contributed by atoms with Crippen molar-refractivity contribution in [3.63, 3.8) is 0 Å². The first-order valence-electron chi connectivity index (χ1n) is 5.09. The summed E-state index contributed by atoms with van der Waals surface area (Å²) < 4.78 is 4.89. The molecule has 1 saturated carbocycles. The Kier molecular flexibility index (Phi) is 1.78. The lowest BCUT2D eigenvalue weighted by Gasteiger charge is -1.95. The van der Waals surface area contributed by atoms with Gasteiger partial charge in [-0.15, -0.1) is 0 Å². The van der Waals surface area contributed by atoms with Crippen LogP contribution < -0.4 is 0 Å². The lowest BCUT2D eigenvalue weighted by Crippen LogP contribution is -2.03. The van der Waals surface area contributed by atoms with E-state index in [1.165, 1.54) is 0 Å². The Labute approximate surface area is 88.2 Å². The smallest absolute Gasteiger partial charge is 0.310 e. The number of carbonyl (C=O) groups is 1. The molecule has 1 heterocycles. The van der Waals surface area contributed by atoms with Crippen molar-refractivity contribution in [1.82, 2.24) is 0 Å². The highest BCUT2D eigenvalue weighted by molar-refractivity contribution is 5.80. The molecule has 0 bridgehead atoms. The van der Waals surface area contributed by atoms with Crippen molar-refractivity contribution in [2.24, 2.45) is 17.8 Å². The highest BCUT2D eigenvalue weighted by Gasteiger charge is 2.60. The number of rotatable bonds is 0. The summed E-state index contributed by atoms with van der Waals surface area (Å²) in [6.45, 7) is 0.567. The monoisotopic (exact) mass is 198 g/mol. The summed E-state index contributed by atoms with van der Waals surface area (Å²) in [7, 11) is 0. The van der Waals surface area contributed by atoms with Crippen molar-refractivity contribution >= 4 is 5.97 Å². The topological polar surface area (TPSA) is 26.3 Å². The summed E-state index contributed by atoms with van der Waals surface area (Å²) >= 11 is 0. The van der Waals surface area contributed by atoms with Gasteiger partial charge in [0.1, 0.15) is 0 Å². The third-order valence-corrected chi connectivity index (χ3v) is 3.02. The van der Waals surface area contributed by atoms with Crippen LogP contribution in [-0.4, -0.2) is 12.6 Å². The first kappa shape index (κ1) is 8.55. The largest absolute Gasteiger partial charge is 0.465 e. The van der Waals surface area contributed by atoms with Gasteiger partial charge in [-0.3, -0.25) is 4.79 Å². The lowest BCUT2D eigenvalue weighted by atomic mass is 10.2. The van der Waals surface area contributed by atoms with E-state index in [0.717, 1.165) is 5.56 Å². The van der Waals surface area contributed by atoms with Crippen molar-refractivity contribution in [1.29, 1.82) is 0 Å². The summed E-state index contributed by atoms with van der Waals surface area (Å²) in [5, 5.41) is 0. The van der Waals surface area contributed by atoms with Crippen LogP contribution in [0.15, 0.2) is 30.3 Å². The first-order chi connectivity index (χ1) is 7.36. The highest BCUT2D eigenvalue weighted by Crippen LogP contribution is 2.50. The van der Waals surface area contributed by atoms with Crippen molar-refractivity contribution < 1.29 is 9.53 Å². The highest BCUT2D eigenvalue weighted by atomic mass is 16.5. The molecule has 74 valence electrons. The number of carbonyl (C=O) groups excluding carboxylic acids is 1. The van der Waals surface area contributed by atoms with Gasteiger partial charge in [0, 0.05) is 17.4 Å². The summed E-state index contributed by atoms with van der Waals surface area (Å²) in [6, 6.07) is 9.85. The molecule has 1 saturated heterocycles. The molecule has 1 aromatic carbocycles. The number of fused-ring (bicyclic) bond motifs is 1. The molecule has 2 heteroatoms. The van der Waals surface area contributed by atoms with E-state index in [1.54, 1.807) is 0 Å². The second-order valence-electron chi connectivity index (χ2n) is 3.98. The zero-order valence-electron chi connectivity index (χ0n) is 8.14. The van der Waals surface area contributed by atoms with Crippen LogP contribution in [-0.2, 0) is 9.53 Å². The van der Waals surface area contributed by atoms with E-state index < -0.39 is 0 Å². The van der Waals surface area contributed by atoms with E-state index in [9.17, 15) is 4.79 Å². The molecule has 1 aliphatic heterocycles. The average Bonchev–Trinajstić information content (AvgIpc) is 2.85. The van der Waals surface area contributed by atoms with E-state index >= 15 is 0 Å². The quantitative estimate of drug-likeness (QED) is 0.466. The van der Waals surface area contributed by atoms with Gasteiger partial charge in [0.2, 0.25) is 0 Å². The molecule has 0 aromatic heterocycles. The average molecular weight is 198 g/mol. The Morgan fingerprint density at radius 1 is 1.27 bits per heavy atom.